The van der Waals surface area contributed by atoms with Crippen molar-refractivity contribution in [2.45, 2.75) is 6.04 Å². The van der Waals surface area contributed by atoms with Crippen LogP contribution in [0.3, 0.4) is 0 Å². The van der Waals surface area contributed by atoms with Crippen LogP contribution in [0.4, 0.5) is 0 Å². The quantitative estimate of drug-likeness (QED) is 0.871. The van der Waals surface area contributed by atoms with Gasteiger partial charge in [-0.05, 0) is 25.5 Å². The molecule has 1 atom stereocenters. The van der Waals surface area contributed by atoms with E-state index in [2.05, 4.69) is 10.1 Å². The molecule has 0 saturated heterocycles. The molecule has 1 unspecified atom stereocenters. The van der Waals surface area contributed by atoms with Crippen molar-refractivity contribution >= 4 is 11.3 Å². The highest BCUT2D eigenvalue weighted by Crippen LogP contribution is 2.23. The minimum absolute atomic E-state index is 0.215. The zero-order chi connectivity index (χ0) is 11.5. The fourth-order valence-corrected chi connectivity index (χ4v) is 2.01. The number of rotatable bonds is 4. The van der Waals surface area contributed by atoms with Crippen LogP contribution in [0.25, 0.3) is 10.8 Å². The Hall–Kier alpha value is -1.24. The van der Waals surface area contributed by atoms with Crippen LogP contribution in [-0.4, -0.2) is 35.7 Å². The van der Waals surface area contributed by atoms with E-state index in [1.54, 1.807) is 11.3 Å². The first kappa shape index (κ1) is 11.3. The highest BCUT2D eigenvalue weighted by atomic mass is 32.1. The predicted molar refractivity (Wildman–Crippen MR) is 63.1 cm³/mol. The molecular formula is C10H14N4OS. The van der Waals surface area contributed by atoms with Gasteiger partial charge in [0.15, 0.2) is 5.82 Å². The molecule has 0 saturated carbocycles. The largest absolute Gasteiger partial charge is 0.333 e. The van der Waals surface area contributed by atoms with Gasteiger partial charge in [0, 0.05) is 6.54 Å². The van der Waals surface area contributed by atoms with Crippen LogP contribution in [0.1, 0.15) is 11.9 Å². The van der Waals surface area contributed by atoms with Gasteiger partial charge in [-0.2, -0.15) is 4.98 Å². The fraction of sp³-hybridized carbons (Fsp3) is 0.400. The maximum Gasteiger partial charge on any atom is 0.268 e. The third-order valence-corrected chi connectivity index (χ3v) is 2.93. The van der Waals surface area contributed by atoms with Gasteiger partial charge < -0.3 is 15.2 Å². The van der Waals surface area contributed by atoms with E-state index in [1.807, 2.05) is 36.5 Å². The Morgan fingerprint density at radius 1 is 1.56 bits per heavy atom. The number of nitrogens with two attached hydrogens (primary N) is 1. The number of hydrogen-bond acceptors (Lipinski definition) is 6. The molecule has 2 N–H and O–H groups in total. The number of nitrogens with zero attached hydrogens (tertiary/aromatic N) is 3. The van der Waals surface area contributed by atoms with Crippen LogP contribution < -0.4 is 5.73 Å². The molecular weight excluding hydrogens is 224 g/mol. The summed E-state index contributed by atoms with van der Waals surface area (Å²) in [6, 6.07) is 3.68. The highest BCUT2D eigenvalue weighted by molar-refractivity contribution is 7.13. The van der Waals surface area contributed by atoms with Gasteiger partial charge in [0.1, 0.15) is 0 Å². The smallest absolute Gasteiger partial charge is 0.268 e. The molecule has 0 aliphatic rings. The van der Waals surface area contributed by atoms with Crippen LogP contribution in [0, 0.1) is 0 Å². The Balaban J connectivity index is 2.13. The van der Waals surface area contributed by atoms with Crippen LogP contribution >= 0.6 is 11.3 Å². The normalized spacial score (nSPS) is 13.2. The first-order chi connectivity index (χ1) is 7.66. The van der Waals surface area contributed by atoms with Crippen molar-refractivity contribution in [3.63, 3.8) is 0 Å². The van der Waals surface area contributed by atoms with Gasteiger partial charge in [-0.25, -0.2) is 0 Å². The van der Waals surface area contributed by atoms with Crippen molar-refractivity contribution in [1.29, 1.82) is 0 Å². The van der Waals surface area contributed by atoms with E-state index in [0.29, 0.717) is 18.3 Å². The van der Waals surface area contributed by atoms with Gasteiger partial charge in [-0.1, -0.05) is 11.2 Å². The Bertz CT molecular complexity index is 437. The molecule has 2 heterocycles. The van der Waals surface area contributed by atoms with E-state index in [-0.39, 0.29) is 6.04 Å². The minimum Gasteiger partial charge on any atom is -0.333 e. The third-order valence-electron chi connectivity index (χ3n) is 2.07. The number of likely N-dealkylation sites (N-methyl/N-ethyl adjacent to an activating group) is 1. The summed E-state index contributed by atoms with van der Waals surface area (Å²) < 4.78 is 5.16. The second kappa shape index (κ2) is 4.73. The van der Waals surface area contributed by atoms with Crippen molar-refractivity contribution in [2.75, 3.05) is 20.6 Å². The summed E-state index contributed by atoms with van der Waals surface area (Å²) in [5.41, 5.74) is 5.94. The fourth-order valence-electron chi connectivity index (χ4n) is 1.36. The molecule has 0 bridgehead atoms. The first-order valence-corrected chi connectivity index (χ1v) is 5.82. The lowest BCUT2D eigenvalue weighted by atomic mass is 10.3. The van der Waals surface area contributed by atoms with Crippen LogP contribution in [0.5, 0.6) is 0 Å². The summed E-state index contributed by atoms with van der Waals surface area (Å²) >= 11 is 1.57. The number of aromatic nitrogens is 2. The van der Waals surface area contributed by atoms with Gasteiger partial charge in [-0.3, -0.25) is 0 Å². The van der Waals surface area contributed by atoms with E-state index in [1.165, 1.54) is 0 Å². The summed E-state index contributed by atoms with van der Waals surface area (Å²) in [7, 11) is 3.92. The average Bonchev–Trinajstić information content (AvgIpc) is 2.87. The van der Waals surface area contributed by atoms with Crippen molar-refractivity contribution in [3.05, 3.63) is 23.3 Å². The van der Waals surface area contributed by atoms with Gasteiger partial charge in [0.05, 0.1) is 10.9 Å². The van der Waals surface area contributed by atoms with Gasteiger partial charge >= 0.3 is 0 Å². The lowest BCUT2D eigenvalue weighted by molar-refractivity contribution is 0.357. The van der Waals surface area contributed by atoms with E-state index in [9.17, 15) is 0 Å². The molecule has 0 aromatic carbocycles. The summed E-state index contributed by atoms with van der Waals surface area (Å²) in [5, 5.41) is 5.87. The van der Waals surface area contributed by atoms with Crippen molar-refractivity contribution in [1.82, 2.24) is 15.0 Å². The molecule has 0 aliphatic heterocycles. The summed E-state index contributed by atoms with van der Waals surface area (Å²) in [5.74, 6) is 1.09. The number of thiophene rings is 1. The monoisotopic (exact) mass is 238 g/mol. The second-order valence-corrected chi connectivity index (χ2v) is 4.75. The molecule has 6 heteroatoms. The first-order valence-electron chi connectivity index (χ1n) is 4.94. The summed E-state index contributed by atoms with van der Waals surface area (Å²) in [6.45, 7) is 0.698. The maximum absolute atomic E-state index is 5.94. The number of hydrogen-bond donors (Lipinski definition) is 1. The standard InChI is InChI=1S/C10H14N4OS/c1-14(2)6-7(11)9-12-10(15-13-9)8-4-3-5-16-8/h3-5,7H,6,11H2,1-2H3. The van der Waals surface area contributed by atoms with Crippen LogP contribution in [0.15, 0.2) is 22.0 Å². The Morgan fingerprint density at radius 2 is 2.38 bits per heavy atom. The molecule has 5 nitrogen and oxygen atoms in total. The van der Waals surface area contributed by atoms with Crippen LogP contribution in [0.2, 0.25) is 0 Å². The lowest BCUT2D eigenvalue weighted by Gasteiger charge is -2.12. The molecule has 0 radical (unpaired) electrons. The molecule has 2 rings (SSSR count). The highest BCUT2D eigenvalue weighted by Gasteiger charge is 2.16. The Labute approximate surface area is 97.9 Å². The van der Waals surface area contributed by atoms with E-state index in [4.69, 9.17) is 10.3 Å². The molecule has 2 aromatic heterocycles. The van der Waals surface area contributed by atoms with E-state index in [0.717, 1.165) is 4.88 Å². The topological polar surface area (TPSA) is 68.2 Å². The molecule has 0 amide bonds. The SMILES string of the molecule is CN(C)CC(N)c1noc(-c2cccs2)n1. The average molecular weight is 238 g/mol. The Kier molecular flexibility index (Phi) is 3.33. The molecule has 0 spiro atoms. The summed E-state index contributed by atoms with van der Waals surface area (Å²) in [6.07, 6.45) is 0. The third kappa shape index (κ3) is 2.46. The van der Waals surface area contributed by atoms with Crippen LogP contribution in [-0.2, 0) is 0 Å². The zero-order valence-corrected chi connectivity index (χ0v) is 10.1. The lowest BCUT2D eigenvalue weighted by Crippen LogP contribution is -2.26. The van der Waals surface area contributed by atoms with Crippen molar-refractivity contribution in [3.8, 4) is 10.8 Å². The van der Waals surface area contributed by atoms with Gasteiger partial charge in [-0.15, -0.1) is 11.3 Å². The summed E-state index contributed by atoms with van der Waals surface area (Å²) in [4.78, 5) is 7.25. The molecule has 0 aliphatic carbocycles. The van der Waals surface area contributed by atoms with E-state index < -0.39 is 0 Å². The molecule has 86 valence electrons. The van der Waals surface area contributed by atoms with E-state index >= 15 is 0 Å². The molecule has 2 aromatic rings. The maximum atomic E-state index is 5.94. The predicted octanol–water partition coefficient (Wildman–Crippen LogP) is 1.36. The Morgan fingerprint density at radius 3 is 3.00 bits per heavy atom. The molecule has 16 heavy (non-hydrogen) atoms. The van der Waals surface area contributed by atoms with Gasteiger partial charge in [0.25, 0.3) is 5.89 Å². The molecule has 0 fully saturated rings. The minimum atomic E-state index is -0.215. The van der Waals surface area contributed by atoms with Gasteiger partial charge in [0.2, 0.25) is 0 Å². The van der Waals surface area contributed by atoms with Crippen molar-refractivity contribution in [2.24, 2.45) is 5.73 Å². The zero-order valence-electron chi connectivity index (χ0n) is 9.25. The van der Waals surface area contributed by atoms with Crippen molar-refractivity contribution < 1.29 is 4.52 Å². The second-order valence-electron chi connectivity index (χ2n) is 3.80.